The molecule has 4 aliphatic rings. The van der Waals surface area contributed by atoms with E-state index in [9.17, 15) is 9.90 Å². The molecule has 0 radical (unpaired) electrons. The van der Waals surface area contributed by atoms with E-state index in [1.54, 1.807) is 24.3 Å². The molecule has 0 saturated heterocycles. The first-order chi connectivity index (χ1) is 11.5. The molecule has 1 aromatic rings. The molecule has 5 rings (SSSR count). The van der Waals surface area contributed by atoms with Crippen molar-refractivity contribution >= 4 is 12.0 Å². The van der Waals surface area contributed by atoms with Crippen LogP contribution in [0.2, 0.25) is 0 Å². The standard InChI is InChI=1S/C20H25NO3/c1-24-18-4-2-13(9-17(18)22)3-5-19(23)21-20-10-14-6-15(11-20)8-16(7-14)12-20/h2-5,9,14-16,22H,6-8,10-12H2,1H3,(H,21,23). The van der Waals surface area contributed by atoms with Gasteiger partial charge in [0, 0.05) is 11.6 Å². The number of amides is 1. The van der Waals surface area contributed by atoms with E-state index >= 15 is 0 Å². The fourth-order valence-electron chi connectivity index (χ4n) is 5.55. The third-order valence-electron chi connectivity index (χ3n) is 6.06. The number of methoxy groups -OCH3 is 1. The zero-order valence-corrected chi connectivity index (χ0v) is 14.1. The lowest BCUT2D eigenvalue weighted by Gasteiger charge is -2.56. The van der Waals surface area contributed by atoms with Gasteiger partial charge >= 0.3 is 0 Å². The Bertz CT molecular complexity index is 644. The van der Waals surface area contributed by atoms with Crippen molar-refractivity contribution in [3.8, 4) is 11.5 Å². The average molecular weight is 327 g/mol. The van der Waals surface area contributed by atoms with Gasteiger partial charge < -0.3 is 15.2 Å². The zero-order valence-electron chi connectivity index (χ0n) is 14.1. The van der Waals surface area contributed by atoms with E-state index in [4.69, 9.17) is 4.74 Å². The largest absolute Gasteiger partial charge is 0.504 e. The van der Waals surface area contributed by atoms with Crippen LogP contribution in [-0.2, 0) is 4.79 Å². The summed E-state index contributed by atoms with van der Waals surface area (Å²) in [4.78, 5) is 12.4. The molecular formula is C20H25NO3. The summed E-state index contributed by atoms with van der Waals surface area (Å²) in [6, 6.07) is 5.13. The van der Waals surface area contributed by atoms with Gasteiger partial charge in [-0.05, 0) is 80.1 Å². The molecule has 2 N–H and O–H groups in total. The normalized spacial score (nSPS) is 33.8. The minimum absolute atomic E-state index is 0.0211. The molecule has 0 atom stereocenters. The minimum Gasteiger partial charge on any atom is -0.504 e. The van der Waals surface area contributed by atoms with Crippen molar-refractivity contribution in [3.05, 3.63) is 29.8 Å². The van der Waals surface area contributed by atoms with Crippen molar-refractivity contribution < 1.29 is 14.6 Å². The maximum atomic E-state index is 12.4. The second-order valence-corrected chi connectivity index (χ2v) is 7.95. The summed E-state index contributed by atoms with van der Waals surface area (Å²) in [6.45, 7) is 0. The Balaban J connectivity index is 1.42. The molecule has 1 aromatic carbocycles. The van der Waals surface area contributed by atoms with Crippen LogP contribution in [0.3, 0.4) is 0 Å². The van der Waals surface area contributed by atoms with Gasteiger partial charge in [-0.15, -0.1) is 0 Å². The Morgan fingerprint density at radius 1 is 1.21 bits per heavy atom. The van der Waals surface area contributed by atoms with Crippen LogP contribution in [0.15, 0.2) is 24.3 Å². The number of aromatic hydroxyl groups is 1. The highest BCUT2D eigenvalue weighted by molar-refractivity contribution is 5.92. The zero-order chi connectivity index (χ0) is 16.7. The monoisotopic (exact) mass is 327 g/mol. The van der Waals surface area contributed by atoms with E-state index < -0.39 is 0 Å². The van der Waals surface area contributed by atoms with Gasteiger partial charge in [0.15, 0.2) is 11.5 Å². The summed E-state index contributed by atoms with van der Waals surface area (Å²) < 4.78 is 5.03. The number of hydrogen-bond acceptors (Lipinski definition) is 3. The Morgan fingerprint density at radius 2 is 1.83 bits per heavy atom. The molecular weight excluding hydrogens is 302 g/mol. The van der Waals surface area contributed by atoms with Crippen molar-refractivity contribution in [2.24, 2.45) is 17.8 Å². The predicted molar refractivity (Wildman–Crippen MR) is 92.7 cm³/mol. The molecule has 4 saturated carbocycles. The van der Waals surface area contributed by atoms with E-state index in [-0.39, 0.29) is 17.2 Å². The highest BCUT2D eigenvalue weighted by Crippen LogP contribution is 2.55. The van der Waals surface area contributed by atoms with Crippen molar-refractivity contribution in [3.63, 3.8) is 0 Å². The molecule has 4 fully saturated rings. The molecule has 0 heterocycles. The number of hydrogen-bond donors (Lipinski definition) is 2. The molecule has 4 bridgehead atoms. The third kappa shape index (κ3) is 2.90. The quantitative estimate of drug-likeness (QED) is 0.832. The van der Waals surface area contributed by atoms with Crippen LogP contribution >= 0.6 is 0 Å². The van der Waals surface area contributed by atoms with Gasteiger partial charge in [0.1, 0.15) is 0 Å². The number of carbonyl (C=O) groups excluding carboxylic acids is 1. The van der Waals surface area contributed by atoms with E-state index in [0.717, 1.165) is 42.6 Å². The number of ether oxygens (including phenoxy) is 1. The first-order valence-electron chi connectivity index (χ1n) is 8.92. The summed E-state index contributed by atoms with van der Waals surface area (Å²) in [5, 5.41) is 13.1. The number of carbonyl (C=O) groups is 1. The van der Waals surface area contributed by atoms with E-state index in [2.05, 4.69) is 5.32 Å². The first-order valence-corrected chi connectivity index (χ1v) is 8.92. The number of phenolic OH excluding ortho intramolecular Hbond substituents is 1. The van der Waals surface area contributed by atoms with Crippen molar-refractivity contribution in [1.82, 2.24) is 5.32 Å². The first kappa shape index (κ1) is 15.6. The lowest BCUT2D eigenvalue weighted by atomic mass is 9.53. The topological polar surface area (TPSA) is 58.6 Å². The molecule has 128 valence electrons. The lowest BCUT2D eigenvalue weighted by molar-refractivity contribution is -0.122. The van der Waals surface area contributed by atoms with Gasteiger partial charge in [0.25, 0.3) is 0 Å². The summed E-state index contributed by atoms with van der Waals surface area (Å²) in [6.07, 6.45) is 10.9. The smallest absolute Gasteiger partial charge is 0.244 e. The van der Waals surface area contributed by atoms with Crippen molar-refractivity contribution in [2.45, 2.75) is 44.1 Å². The van der Waals surface area contributed by atoms with Crippen molar-refractivity contribution in [1.29, 1.82) is 0 Å². The van der Waals surface area contributed by atoms with Crippen LogP contribution in [0.5, 0.6) is 11.5 Å². The summed E-state index contributed by atoms with van der Waals surface area (Å²) >= 11 is 0. The molecule has 4 nitrogen and oxygen atoms in total. The Hall–Kier alpha value is -1.97. The maximum Gasteiger partial charge on any atom is 0.244 e. The van der Waals surface area contributed by atoms with Gasteiger partial charge in [-0.1, -0.05) is 6.07 Å². The highest BCUT2D eigenvalue weighted by atomic mass is 16.5. The Kier molecular flexibility index (Phi) is 3.78. The van der Waals surface area contributed by atoms with Gasteiger partial charge in [-0.2, -0.15) is 0 Å². The van der Waals surface area contributed by atoms with Crippen LogP contribution in [-0.4, -0.2) is 23.7 Å². The van der Waals surface area contributed by atoms with E-state index in [1.165, 1.54) is 26.4 Å². The lowest BCUT2D eigenvalue weighted by Crippen LogP contribution is -2.59. The van der Waals surface area contributed by atoms with Gasteiger partial charge in [-0.3, -0.25) is 4.79 Å². The second-order valence-electron chi connectivity index (χ2n) is 7.95. The number of rotatable bonds is 4. The molecule has 24 heavy (non-hydrogen) atoms. The highest BCUT2D eigenvalue weighted by Gasteiger charge is 2.51. The molecule has 4 heteroatoms. The molecule has 4 aliphatic carbocycles. The summed E-state index contributed by atoms with van der Waals surface area (Å²) in [5.41, 5.74) is 0.826. The minimum atomic E-state index is -0.0211. The summed E-state index contributed by atoms with van der Waals surface area (Å²) in [5.74, 6) is 2.95. The maximum absolute atomic E-state index is 12.4. The fourth-order valence-corrected chi connectivity index (χ4v) is 5.55. The summed E-state index contributed by atoms with van der Waals surface area (Å²) in [7, 11) is 1.52. The van der Waals surface area contributed by atoms with Gasteiger partial charge in [-0.25, -0.2) is 0 Å². The molecule has 0 aliphatic heterocycles. The van der Waals surface area contributed by atoms with Crippen LogP contribution in [0.25, 0.3) is 6.08 Å². The number of phenols is 1. The Labute approximate surface area is 142 Å². The fraction of sp³-hybridized carbons (Fsp3) is 0.550. The molecule has 0 aromatic heterocycles. The SMILES string of the molecule is COc1ccc(C=CC(=O)NC23CC4CC(CC(C4)C2)C3)cc1O. The predicted octanol–water partition coefficient (Wildman–Crippen LogP) is 3.50. The third-order valence-corrected chi connectivity index (χ3v) is 6.06. The average Bonchev–Trinajstić information content (AvgIpc) is 2.51. The van der Waals surface area contributed by atoms with Crippen LogP contribution in [0.1, 0.15) is 44.1 Å². The molecule has 0 spiro atoms. The van der Waals surface area contributed by atoms with Crippen LogP contribution in [0.4, 0.5) is 0 Å². The van der Waals surface area contributed by atoms with E-state index in [1.807, 2.05) is 6.07 Å². The van der Waals surface area contributed by atoms with Crippen LogP contribution in [0, 0.1) is 17.8 Å². The van der Waals surface area contributed by atoms with Gasteiger partial charge in [0.2, 0.25) is 5.91 Å². The van der Waals surface area contributed by atoms with Crippen LogP contribution < -0.4 is 10.1 Å². The molecule has 1 amide bonds. The Morgan fingerprint density at radius 3 is 2.38 bits per heavy atom. The van der Waals surface area contributed by atoms with E-state index in [0.29, 0.717) is 5.75 Å². The van der Waals surface area contributed by atoms with Gasteiger partial charge in [0.05, 0.1) is 7.11 Å². The number of benzene rings is 1. The van der Waals surface area contributed by atoms with Crippen molar-refractivity contribution in [2.75, 3.05) is 7.11 Å². The second kappa shape index (κ2) is 5.83. The molecule has 0 unspecified atom stereocenters. The number of nitrogens with one attached hydrogen (secondary N) is 1.